The number of hydrazine groups is 2. The first-order valence-corrected chi connectivity index (χ1v) is 23.2. The summed E-state index contributed by atoms with van der Waals surface area (Å²) >= 11 is 0. The largest absolute Gasteiger partial charge is 0.418 e. The van der Waals surface area contributed by atoms with E-state index in [9.17, 15) is 22.0 Å². The van der Waals surface area contributed by atoms with E-state index in [1.807, 2.05) is 29.2 Å². The summed E-state index contributed by atoms with van der Waals surface area (Å²) in [6.07, 6.45) is 5.85. The van der Waals surface area contributed by atoms with Crippen LogP contribution in [0.2, 0.25) is 0 Å². The van der Waals surface area contributed by atoms with Crippen LogP contribution in [0.15, 0.2) is 102 Å². The van der Waals surface area contributed by atoms with Gasteiger partial charge < -0.3 is 39.9 Å². The van der Waals surface area contributed by atoms with Crippen LogP contribution < -0.4 is 52.2 Å². The normalized spacial score (nSPS) is 16.3. The van der Waals surface area contributed by atoms with Crippen LogP contribution in [0.25, 0.3) is 0 Å². The molecule has 4 aromatic heterocycles. The molecule has 0 radical (unpaired) electrons. The fourth-order valence-electron chi connectivity index (χ4n) is 7.86. The third-order valence-corrected chi connectivity index (χ3v) is 11.4. The molecule has 8 heterocycles. The lowest BCUT2D eigenvalue weighted by molar-refractivity contribution is -0.137. The maximum Gasteiger partial charge on any atom is 0.418 e. The summed E-state index contributed by atoms with van der Waals surface area (Å²) in [5.41, 5.74) is 16.0. The molecule has 2 aromatic carbocycles. The number of aromatic nitrogens is 6. The average molecular weight is 995 g/mol. The van der Waals surface area contributed by atoms with E-state index in [-0.39, 0.29) is 34.9 Å². The van der Waals surface area contributed by atoms with Crippen molar-refractivity contribution in [3.8, 4) is 0 Å². The number of halogens is 5. The van der Waals surface area contributed by atoms with Gasteiger partial charge in [0.15, 0.2) is 23.3 Å². The third kappa shape index (κ3) is 13.1. The Bertz CT molecular complexity index is 2770. The van der Waals surface area contributed by atoms with E-state index in [0.717, 1.165) is 61.5 Å². The highest BCUT2D eigenvalue weighted by Crippen LogP contribution is 2.39. The molecular formula is C47H51F5N18O2. The summed E-state index contributed by atoms with van der Waals surface area (Å²) in [6, 6.07) is 19.5. The summed E-state index contributed by atoms with van der Waals surface area (Å²) in [6.45, 7) is 7.49. The molecule has 0 amide bonds. The summed E-state index contributed by atoms with van der Waals surface area (Å²) < 4.78 is 80.0. The van der Waals surface area contributed by atoms with Gasteiger partial charge in [0.1, 0.15) is 0 Å². The Morgan fingerprint density at radius 1 is 0.556 bits per heavy atom. The Labute approximate surface area is 410 Å². The molecule has 0 spiro atoms. The Morgan fingerprint density at radius 2 is 1.04 bits per heavy atom. The zero-order valence-corrected chi connectivity index (χ0v) is 38.8. The van der Waals surface area contributed by atoms with Crippen LogP contribution in [0.3, 0.4) is 0 Å². The number of hydrazone groups is 2. The van der Waals surface area contributed by atoms with Gasteiger partial charge in [0.05, 0.1) is 103 Å². The van der Waals surface area contributed by atoms with Crippen molar-refractivity contribution >= 4 is 70.1 Å². The van der Waals surface area contributed by atoms with Gasteiger partial charge in [0.2, 0.25) is 11.9 Å². The smallest absolute Gasteiger partial charge is 0.378 e. The molecule has 4 saturated heterocycles. The second-order valence-corrected chi connectivity index (χ2v) is 16.5. The zero-order chi connectivity index (χ0) is 49.7. The lowest BCUT2D eigenvalue weighted by Gasteiger charge is -2.27. The number of hydrogen-bond acceptors (Lipinski definition) is 20. The van der Waals surface area contributed by atoms with E-state index in [2.05, 4.69) is 89.6 Å². The maximum atomic E-state index is 14.2. The fourth-order valence-corrected chi connectivity index (χ4v) is 7.86. The highest BCUT2D eigenvalue weighted by Gasteiger charge is 2.36. The van der Waals surface area contributed by atoms with Gasteiger partial charge in [-0.15, -0.1) is 0 Å². The summed E-state index contributed by atoms with van der Waals surface area (Å²) in [7, 11) is 0. The van der Waals surface area contributed by atoms with Crippen molar-refractivity contribution in [2.45, 2.75) is 19.0 Å². The topological polar surface area (TPSA) is 206 Å². The number of ether oxygens (including phenoxy) is 2. The van der Waals surface area contributed by atoms with Crippen LogP contribution in [0, 0.1) is 11.6 Å². The number of morpholine rings is 2. The van der Waals surface area contributed by atoms with Crippen LogP contribution >= 0.6 is 0 Å². The van der Waals surface area contributed by atoms with Crippen LogP contribution in [-0.4, -0.2) is 121 Å². The second-order valence-electron chi connectivity index (χ2n) is 16.5. The van der Waals surface area contributed by atoms with Crippen molar-refractivity contribution in [2.24, 2.45) is 10.2 Å². The molecule has 0 aliphatic carbocycles. The van der Waals surface area contributed by atoms with E-state index in [1.165, 1.54) is 23.5 Å². The predicted molar refractivity (Wildman–Crippen MR) is 265 cm³/mol. The Kier molecular flexibility index (Phi) is 15.9. The molecule has 4 fully saturated rings. The molecule has 10 rings (SSSR count). The SMILES string of the molecule is Fc1cnc(N/N=C/c2ccc(Nc3ccc(N4CCCN4)c(C(F)(F)F)c3)cn2)nc1N1CCOCC1.Fc1cnc(N/N=C/c2ccc(Nc3ccc(N4CCCN4)cc3)cn2)nc1N1CCOCC1. The molecule has 20 nitrogen and oxygen atoms in total. The summed E-state index contributed by atoms with van der Waals surface area (Å²) in [5.74, 6) is -0.248. The van der Waals surface area contributed by atoms with Gasteiger partial charge in [-0.25, -0.2) is 40.5 Å². The quantitative estimate of drug-likeness (QED) is 0.0390. The van der Waals surface area contributed by atoms with Gasteiger partial charge in [-0.05, 0) is 79.6 Å². The van der Waals surface area contributed by atoms with E-state index >= 15 is 0 Å². The van der Waals surface area contributed by atoms with Crippen molar-refractivity contribution in [1.29, 1.82) is 0 Å². The predicted octanol–water partition coefficient (Wildman–Crippen LogP) is 6.52. The second kappa shape index (κ2) is 23.4. The van der Waals surface area contributed by atoms with Crippen LogP contribution in [0.1, 0.15) is 29.8 Å². The molecule has 6 aromatic rings. The van der Waals surface area contributed by atoms with Gasteiger partial charge in [-0.3, -0.25) is 9.97 Å². The van der Waals surface area contributed by atoms with Crippen molar-refractivity contribution in [3.05, 3.63) is 120 Å². The Balaban J connectivity index is 0.000000179. The molecule has 0 bridgehead atoms. The van der Waals surface area contributed by atoms with Gasteiger partial charge in [0.25, 0.3) is 0 Å². The minimum atomic E-state index is -4.50. The van der Waals surface area contributed by atoms with E-state index in [0.29, 0.717) is 82.8 Å². The van der Waals surface area contributed by atoms with E-state index in [1.54, 1.807) is 35.5 Å². The molecule has 25 heteroatoms. The van der Waals surface area contributed by atoms with Crippen LogP contribution in [0.4, 0.5) is 79.6 Å². The highest BCUT2D eigenvalue weighted by atomic mass is 19.4. The number of hydrogen-bond donors (Lipinski definition) is 6. The average Bonchev–Trinajstić information content (AvgIpc) is 4.16. The lowest BCUT2D eigenvalue weighted by atomic mass is 10.1. The fraction of sp³-hybridized carbons (Fsp3) is 0.319. The number of pyridine rings is 2. The van der Waals surface area contributed by atoms with Crippen molar-refractivity contribution in [1.82, 2.24) is 40.8 Å². The molecular weight excluding hydrogens is 944 g/mol. The van der Waals surface area contributed by atoms with Gasteiger partial charge >= 0.3 is 6.18 Å². The number of nitrogens with zero attached hydrogens (tertiary/aromatic N) is 12. The lowest BCUT2D eigenvalue weighted by Crippen LogP contribution is -2.37. The van der Waals surface area contributed by atoms with Gasteiger partial charge in [-0.1, -0.05) is 0 Å². The first kappa shape index (κ1) is 49.1. The molecule has 0 saturated carbocycles. The number of nitrogens with one attached hydrogen (secondary N) is 6. The Morgan fingerprint density at radius 3 is 1.51 bits per heavy atom. The number of alkyl halides is 3. The molecule has 4 aliphatic heterocycles. The van der Waals surface area contributed by atoms with Crippen molar-refractivity contribution < 1.29 is 31.4 Å². The van der Waals surface area contributed by atoms with Gasteiger partial charge in [0, 0.05) is 63.7 Å². The van der Waals surface area contributed by atoms with Gasteiger partial charge in [-0.2, -0.15) is 33.3 Å². The number of benzene rings is 2. The molecule has 4 aliphatic rings. The minimum absolute atomic E-state index is 0.0972. The molecule has 0 unspecified atom stereocenters. The molecule has 0 atom stereocenters. The molecule has 72 heavy (non-hydrogen) atoms. The highest BCUT2D eigenvalue weighted by molar-refractivity contribution is 5.79. The monoisotopic (exact) mass is 994 g/mol. The maximum absolute atomic E-state index is 14.2. The zero-order valence-electron chi connectivity index (χ0n) is 38.8. The number of anilines is 10. The Hall–Kier alpha value is -7.87. The first-order valence-electron chi connectivity index (χ1n) is 23.2. The van der Waals surface area contributed by atoms with Crippen molar-refractivity contribution in [3.63, 3.8) is 0 Å². The number of rotatable bonds is 14. The molecule has 376 valence electrons. The first-order chi connectivity index (χ1) is 35.1. The minimum Gasteiger partial charge on any atom is -0.378 e. The van der Waals surface area contributed by atoms with E-state index < -0.39 is 23.4 Å². The van der Waals surface area contributed by atoms with E-state index in [4.69, 9.17) is 9.47 Å². The van der Waals surface area contributed by atoms with Crippen molar-refractivity contribution in [2.75, 3.05) is 120 Å². The molecule has 6 N–H and O–H groups in total. The van der Waals surface area contributed by atoms with Crippen LogP contribution in [0.5, 0.6) is 0 Å². The summed E-state index contributed by atoms with van der Waals surface area (Å²) in [5, 5.41) is 18.2. The third-order valence-electron chi connectivity index (χ3n) is 11.4. The van der Waals surface area contributed by atoms with Crippen LogP contribution in [-0.2, 0) is 15.7 Å². The standard InChI is InChI=1S/C24H25F4N9O.C23H26FN9O/c25-20-15-30-23(34-22(20)36-8-10-38-11-9-36)35-31-14-17-2-3-18(13-29-17)33-16-4-5-21(37-7-1-6-32-37)19(12-16)24(26,27)28;24-21-16-26-23(30-22(21)32-10-12-34-13-11-32)31-27-15-18-2-3-19(14-25-18)29-17-4-6-20(7-5-17)33-9-1-8-28-33/h2-5,12-15,32-33H,1,6-11H2,(H,30,34,35);2-7,14-16,28-29H,1,8-13H2,(H,26,30,31)/b31-14+;27-15+. The summed E-state index contributed by atoms with van der Waals surface area (Å²) in [4.78, 5) is 28.5.